The fourth-order valence-corrected chi connectivity index (χ4v) is 3.72. The van der Waals surface area contributed by atoms with Crippen LogP contribution >= 0.6 is 0 Å². The highest BCUT2D eigenvalue weighted by Crippen LogP contribution is 2.32. The van der Waals surface area contributed by atoms with Crippen molar-refractivity contribution in [1.82, 2.24) is 10.2 Å². The first kappa shape index (κ1) is 16.2. The van der Waals surface area contributed by atoms with Crippen molar-refractivity contribution in [3.63, 3.8) is 0 Å². The molecule has 118 valence electrons. The van der Waals surface area contributed by atoms with Crippen molar-refractivity contribution in [2.24, 2.45) is 5.92 Å². The number of nitrogens with zero attached hydrogens (tertiary/aromatic N) is 1. The van der Waals surface area contributed by atoms with Gasteiger partial charge in [-0.3, -0.25) is 4.90 Å². The van der Waals surface area contributed by atoms with E-state index in [1.165, 1.54) is 19.3 Å². The van der Waals surface area contributed by atoms with Crippen molar-refractivity contribution in [3.8, 4) is 0 Å². The molecule has 0 spiro atoms. The molecule has 0 saturated carbocycles. The molecule has 0 aromatic carbocycles. The molecular formula is C16H32N2O2. The zero-order valence-corrected chi connectivity index (χ0v) is 13.5. The van der Waals surface area contributed by atoms with Crippen LogP contribution in [0, 0.1) is 5.92 Å². The van der Waals surface area contributed by atoms with Crippen LogP contribution in [-0.2, 0) is 9.47 Å². The van der Waals surface area contributed by atoms with Gasteiger partial charge in [-0.2, -0.15) is 0 Å². The molecule has 0 radical (unpaired) electrons. The minimum Gasteiger partial charge on any atom is -0.381 e. The Morgan fingerprint density at radius 3 is 2.50 bits per heavy atom. The van der Waals surface area contributed by atoms with Crippen LogP contribution in [0.2, 0.25) is 0 Å². The fourth-order valence-electron chi connectivity index (χ4n) is 3.72. The molecule has 0 amide bonds. The predicted molar refractivity (Wildman–Crippen MR) is 82.1 cm³/mol. The number of nitrogens with one attached hydrogen (secondary N) is 1. The highest BCUT2D eigenvalue weighted by atomic mass is 16.5. The summed E-state index contributed by atoms with van der Waals surface area (Å²) >= 11 is 0. The maximum absolute atomic E-state index is 5.66. The third kappa shape index (κ3) is 3.53. The van der Waals surface area contributed by atoms with Crippen LogP contribution in [0.25, 0.3) is 0 Å². The lowest BCUT2D eigenvalue weighted by molar-refractivity contribution is -0.0415. The standard InChI is InChI=1S/C16H32N2O2/c1-4-7-17-15(14-6-10-20-13-14)16(3,5-2)18-8-11-19-12-9-18/h14-15,17H,4-13H2,1-3H3. The molecular weight excluding hydrogens is 252 g/mol. The summed E-state index contributed by atoms with van der Waals surface area (Å²) in [5, 5.41) is 3.84. The molecule has 2 saturated heterocycles. The normalized spacial score (nSPS) is 29.2. The van der Waals surface area contributed by atoms with Crippen molar-refractivity contribution in [2.45, 2.75) is 51.6 Å². The van der Waals surface area contributed by atoms with E-state index < -0.39 is 0 Å². The predicted octanol–water partition coefficient (Wildman–Crippen LogP) is 1.89. The molecule has 3 unspecified atom stereocenters. The van der Waals surface area contributed by atoms with Gasteiger partial charge in [-0.15, -0.1) is 0 Å². The highest BCUT2D eigenvalue weighted by Gasteiger charge is 2.43. The van der Waals surface area contributed by atoms with Crippen LogP contribution in [0.1, 0.15) is 40.0 Å². The minimum absolute atomic E-state index is 0.206. The monoisotopic (exact) mass is 284 g/mol. The lowest BCUT2D eigenvalue weighted by atomic mass is 9.78. The Kier molecular flexibility index (Phi) is 6.27. The lowest BCUT2D eigenvalue weighted by Crippen LogP contribution is -2.64. The zero-order chi connectivity index (χ0) is 14.4. The summed E-state index contributed by atoms with van der Waals surface area (Å²) in [6.45, 7) is 13.8. The Morgan fingerprint density at radius 2 is 1.95 bits per heavy atom. The second-order valence-corrected chi connectivity index (χ2v) is 6.37. The number of ether oxygens (including phenoxy) is 2. The number of hydrogen-bond donors (Lipinski definition) is 1. The van der Waals surface area contributed by atoms with Gasteiger partial charge in [0.1, 0.15) is 0 Å². The van der Waals surface area contributed by atoms with Crippen molar-refractivity contribution in [3.05, 3.63) is 0 Å². The Morgan fingerprint density at radius 1 is 1.20 bits per heavy atom. The minimum atomic E-state index is 0.206. The lowest BCUT2D eigenvalue weighted by Gasteiger charge is -2.50. The second-order valence-electron chi connectivity index (χ2n) is 6.37. The van der Waals surface area contributed by atoms with Crippen LogP contribution in [0.5, 0.6) is 0 Å². The molecule has 0 bridgehead atoms. The van der Waals surface area contributed by atoms with Gasteiger partial charge >= 0.3 is 0 Å². The van der Waals surface area contributed by atoms with Gasteiger partial charge in [0.15, 0.2) is 0 Å². The summed E-state index contributed by atoms with van der Waals surface area (Å²) < 4.78 is 11.2. The maximum atomic E-state index is 5.66. The van der Waals surface area contributed by atoms with Gasteiger partial charge in [0.2, 0.25) is 0 Å². The van der Waals surface area contributed by atoms with Gasteiger partial charge < -0.3 is 14.8 Å². The molecule has 4 nitrogen and oxygen atoms in total. The van der Waals surface area contributed by atoms with E-state index in [1.807, 2.05) is 0 Å². The van der Waals surface area contributed by atoms with Crippen molar-refractivity contribution >= 4 is 0 Å². The molecule has 0 aromatic heterocycles. The SMILES string of the molecule is CCCNC(C1CCOC1)C(C)(CC)N1CCOCC1. The summed E-state index contributed by atoms with van der Waals surface area (Å²) in [4.78, 5) is 2.64. The van der Waals surface area contributed by atoms with Gasteiger partial charge in [-0.1, -0.05) is 13.8 Å². The van der Waals surface area contributed by atoms with E-state index in [4.69, 9.17) is 9.47 Å². The summed E-state index contributed by atoms with van der Waals surface area (Å²) in [5.74, 6) is 0.648. The average molecular weight is 284 g/mol. The van der Waals surface area contributed by atoms with Crippen LogP contribution < -0.4 is 5.32 Å². The third-order valence-corrected chi connectivity index (χ3v) is 5.17. The van der Waals surface area contributed by atoms with Crippen LogP contribution in [0.15, 0.2) is 0 Å². The summed E-state index contributed by atoms with van der Waals surface area (Å²) in [5.41, 5.74) is 0.206. The first-order chi connectivity index (χ1) is 9.72. The van der Waals surface area contributed by atoms with Crippen molar-refractivity contribution < 1.29 is 9.47 Å². The quantitative estimate of drug-likeness (QED) is 0.774. The van der Waals surface area contributed by atoms with Gasteiger partial charge in [-0.25, -0.2) is 0 Å². The van der Waals surface area contributed by atoms with Gasteiger partial charge in [0.05, 0.1) is 19.8 Å². The average Bonchev–Trinajstić information content (AvgIpc) is 3.02. The molecule has 4 heteroatoms. The summed E-state index contributed by atoms with van der Waals surface area (Å²) in [6.07, 6.45) is 3.55. The van der Waals surface area contributed by atoms with E-state index >= 15 is 0 Å². The van der Waals surface area contributed by atoms with Crippen LogP contribution in [0.3, 0.4) is 0 Å². The Hall–Kier alpha value is -0.160. The topological polar surface area (TPSA) is 33.7 Å². The molecule has 2 fully saturated rings. The van der Waals surface area contributed by atoms with E-state index in [-0.39, 0.29) is 5.54 Å². The van der Waals surface area contributed by atoms with Gasteiger partial charge in [0.25, 0.3) is 0 Å². The zero-order valence-electron chi connectivity index (χ0n) is 13.5. The molecule has 20 heavy (non-hydrogen) atoms. The molecule has 1 N–H and O–H groups in total. The molecule has 0 aromatic rings. The summed E-state index contributed by atoms with van der Waals surface area (Å²) in [7, 11) is 0. The molecule has 3 atom stereocenters. The van der Waals surface area contributed by atoms with Crippen molar-refractivity contribution in [1.29, 1.82) is 0 Å². The van der Waals surface area contributed by atoms with Crippen LogP contribution in [0.4, 0.5) is 0 Å². The Balaban J connectivity index is 2.12. The Labute approximate surface area is 124 Å². The number of rotatable bonds is 7. The van der Waals surface area contributed by atoms with Crippen molar-refractivity contribution in [2.75, 3.05) is 46.1 Å². The van der Waals surface area contributed by atoms with E-state index in [0.29, 0.717) is 12.0 Å². The first-order valence-corrected chi connectivity index (χ1v) is 8.36. The molecule has 2 rings (SSSR count). The molecule has 2 aliphatic heterocycles. The number of hydrogen-bond acceptors (Lipinski definition) is 4. The maximum Gasteiger partial charge on any atom is 0.0594 e. The molecule has 0 aliphatic carbocycles. The number of morpholine rings is 1. The summed E-state index contributed by atoms with van der Waals surface area (Å²) in [6, 6.07) is 0.521. The van der Waals surface area contributed by atoms with E-state index in [1.54, 1.807) is 0 Å². The largest absolute Gasteiger partial charge is 0.381 e. The first-order valence-electron chi connectivity index (χ1n) is 8.36. The van der Waals surface area contributed by atoms with E-state index in [0.717, 1.165) is 46.1 Å². The third-order valence-electron chi connectivity index (χ3n) is 5.17. The van der Waals surface area contributed by atoms with Gasteiger partial charge in [0, 0.05) is 37.2 Å². The molecule has 2 aliphatic rings. The fraction of sp³-hybridized carbons (Fsp3) is 1.00. The highest BCUT2D eigenvalue weighted by molar-refractivity contribution is 5.01. The second kappa shape index (κ2) is 7.74. The van der Waals surface area contributed by atoms with Gasteiger partial charge in [-0.05, 0) is 32.7 Å². The van der Waals surface area contributed by atoms with Crippen LogP contribution in [-0.4, -0.2) is 62.5 Å². The van der Waals surface area contributed by atoms with E-state index in [2.05, 4.69) is 31.0 Å². The smallest absolute Gasteiger partial charge is 0.0594 e. The Bertz CT molecular complexity index is 276. The molecule has 2 heterocycles. The van der Waals surface area contributed by atoms with E-state index in [9.17, 15) is 0 Å².